The number of carbonyl (C=O) groups is 2. The molecule has 0 saturated carbocycles. The van der Waals surface area contributed by atoms with Crippen molar-refractivity contribution in [2.45, 2.75) is 26.8 Å². The Hall–Kier alpha value is -1.98. The van der Waals surface area contributed by atoms with Gasteiger partial charge in [-0.05, 0) is 37.7 Å². The van der Waals surface area contributed by atoms with E-state index in [0.29, 0.717) is 16.3 Å². The summed E-state index contributed by atoms with van der Waals surface area (Å²) >= 11 is 1.24. The third kappa shape index (κ3) is 4.52. The summed E-state index contributed by atoms with van der Waals surface area (Å²) in [6.45, 7) is 8.13. The molecule has 0 aliphatic carbocycles. The summed E-state index contributed by atoms with van der Waals surface area (Å²) in [6.07, 6.45) is 0. The van der Waals surface area contributed by atoms with Crippen LogP contribution in [-0.4, -0.2) is 36.2 Å². The fraction of sp³-hybridized carbons (Fsp3) is 0.368. The number of likely N-dealkylation sites (N-methyl/N-ethyl adjacent to an activating group) is 1. The second-order valence-electron chi connectivity index (χ2n) is 5.58. The highest BCUT2D eigenvalue weighted by atomic mass is 32.1. The van der Waals surface area contributed by atoms with E-state index in [1.165, 1.54) is 23.8 Å². The van der Waals surface area contributed by atoms with Gasteiger partial charge in [0.25, 0.3) is 5.91 Å². The first-order chi connectivity index (χ1) is 11.6. The Morgan fingerprint density at radius 3 is 2.21 bits per heavy atom. The van der Waals surface area contributed by atoms with Crippen molar-refractivity contribution in [3.8, 4) is 0 Å². The van der Waals surface area contributed by atoms with Crippen LogP contribution < -0.4 is 5.32 Å². The minimum Gasteiger partial charge on any atom is -0.349 e. The maximum atomic E-state index is 12.4. The molecule has 1 aromatic carbocycles. The molecule has 5 heteroatoms. The molecule has 1 unspecified atom stereocenters. The Bertz CT molecular complexity index is 678. The molecular formula is C19H24N2O2S. The van der Waals surface area contributed by atoms with E-state index in [-0.39, 0.29) is 17.7 Å². The average Bonchev–Trinajstić information content (AvgIpc) is 3.09. The lowest BCUT2D eigenvalue weighted by Crippen LogP contribution is -2.37. The normalized spacial score (nSPS) is 12.2. The summed E-state index contributed by atoms with van der Waals surface area (Å²) in [5.41, 5.74) is 1.19. The number of hydrogen-bond acceptors (Lipinski definition) is 4. The monoisotopic (exact) mass is 344 g/mol. The SMILES string of the molecule is CCN(CC)C(CNC(=O)c1ccc(C(C)=O)s1)c1ccccc1. The van der Waals surface area contributed by atoms with E-state index in [4.69, 9.17) is 0 Å². The number of ketones is 1. The second-order valence-corrected chi connectivity index (χ2v) is 6.66. The zero-order chi connectivity index (χ0) is 17.5. The molecule has 1 atom stereocenters. The van der Waals surface area contributed by atoms with Crippen LogP contribution in [0.2, 0.25) is 0 Å². The molecule has 0 spiro atoms. The lowest BCUT2D eigenvalue weighted by molar-refractivity contribution is 0.0938. The van der Waals surface area contributed by atoms with Gasteiger partial charge in [-0.3, -0.25) is 14.5 Å². The molecule has 0 bridgehead atoms. The molecule has 2 rings (SSSR count). The molecule has 128 valence electrons. The lowest BCUT2D eigenvalue weighted by atomic mass is 10.1. The molecule has 1 heterocycles. The van der Waals surface area contributed by atoms with Crippen LogP contribution in [-0.2, 0) is 0 Å². The van der Waals surface area contributed by atoms with Crippen LogP contribution in [0.5, 0.6) is 0 Å². The van der Waals surface area contributed by atoms with Gasteiger partial charge in [-0.2, -0.15) is 0 Å². The summed E-state index contributed by atoms with van der Waals surface area (Å²) in [7, 11) is 0. The van der Waals surface area contributed by atoms with Gasteiger partial charge in [0.05, 0.1) is 15.8 Å². The van der Waals surface area contributed by atoms with Crippen LogP contribution in [0.3, 0.4) is 0 Å². The molecule has 0 fully saturated rings. The summed E-state index contributed by atoms with van der Waals surface area (Å²) in [5.74, 6) is -0.134. The second kappa shape index (κ2) is 8.76. The molecular weight excluding hydrogens is 320 g/mol. The molecule has 1 aromatic heterocycles. The lowest BCUT2D eigenvalue weighted by Gasteiger charge is -2.30. The summed E-state index contributed by atoms with van der Waals surface area (Å²) in [6, 6.07) is 13.8. The van der Waals surface area contributed by atoms with Gasteiger partial charge in [0, 0.05) is 6.54 Å². The van der Waals surface area contributed by atoms with E-state index < -0.39 is 0 Å². The average molecular weight is 344 g/mol. The Balaban J connectivity index is 2.09. The van der Waals surface area contributed by atoms with Crippen molar-refractivity contribution in [2.75, 3.05) is 19.6 Å². The number of hydrogen-bond donors (Lipinski definition) is 1. The van der Waals surface area contributed by atoms with Gasteiger partial charge in [-0.25, -0.2) is 0 Å². The molecule has 24 heavy (non-hydrogen) atoms. The van der Waals surface area contributed by atoms with Crippen LogP contribution in [0.25, 0.3) is 0 Å². The number of benzene rings is 1. The van der Waals surface area contributed by atoms with E-state index in [2.05, 4.69) is 36.2 Å². The minimum absolute atomic E-state index is 0.00986. The standard InChI is InChI=1S/C19H24N2O2S/c1-4-21(5-2)16(15-9-7-6-8-10-15)13-20-19(23)18-12-11-17(24-18)14(3)22/h6-12,16H,4-5,13H2,1-3H3,(H,20,23). The predicted molar refractivity (Wildman–Crippen MR) is 98.8 cm³/mol. The van der Waals surface area contributed by atoms with Crippen molar-refractivity contribution in [3.63, 3.8) is 0 Å². The molecule has 0 radical (unpaired) electrons. The van der Waals surface area contributed by atoms with Gasteiger partial charge in [0.15, 0.2) is 5.78 Å². The Labute approximate surface area is 147 Å². The highest BCUT2D eigenvalue weighted by Gasteiger charge is 2.19. The van der Waals surface area contributed by atoms with E-state index in [0.717, 1.165) is 13.1 Å². The third-order valence-corrected chi connectivity index (χ3v) is 5.26. The highest BCUT2D eigenvalue weighted by Crippen LogP contribution is 2.21. The number of nitrogens with one attached hydrogen (secondary N) is 1. The number of rotatable bonds is 8. The topological polar surface area (TPSA) is 49.4 Å². The van der Waals surface area contributed by atoms with E-state index >= 15 is 0 Å². The number of amides is 1. The molecule has 0 aliphatic heterocycles. The van der Waals surface area contributed by atoms with Crippen molar-refractivity contribution in [1.29, 1.82) is 0 Å². The van der Waals surface area contributed by atoms with Crippen molar-refractivity contribution < 1.29 is 9.59 Å². The molecule has 1 amide bonds. The maximum Gasteiger partial charge on any atom is 0.261 e. The summed E-state index contributed by atoms with van der Waals surface area (Å²) < 4.78 is 0. The van der Waals surface area contributed by atoms with Crippen molar-refractivity contribution in [3.05, 3.63) is 57.8 Å². The van der Waals surface area contributed by atoms with Crippen LogP contribution in [0, 0.1) is 0 Å². The third-order valence-electron chi connectivity index (χ3n) is 4.07. The number of thiophene rings is 1. The van der Waals surface area contributed by atoms with Crippen LogP contribution in [0.15, 0.2) is 42.5 Å². The quantitative estimate of drug-likeness (QED) is 0.742. The Morgan fingerprint density at radius 2 is 1.67 bits per heavy atom. The van der Waals surface area contributed by atoms with Gasteiger partial charge in [0.2, 0.25) is 0 Å². The van der Waals surface area contributed by atoms with Gasteiger partial charge in [-0.1, -0.05) is 44.2 Å². The molecule has 0 saturated heterocycles. The van der Waals surface area contributed by atoms with Crippen molar-refractivity contribution in [1.82, 2.24) is 10.2 Å². The number of carbonyl (C=O) groups excluding carboxylic acids is 2. The Kier molecular flexibility index (Phi) is 6.70. The molecule has 0 aliphatic rings. The Morgan fingerprint density at radius 1 is 1.04 bits per heavy atom. The molecule has 4 nitrogen and oxygen atoms in total. The minimum atomic E-state index is -0.124. The van der Waals surface area contributed by atoms with Gasteiger partial charge < -0.3 is 5.32 Å². The van der Waals surface area contributed by atoms with Gasteiger partial charge in [-0.15, -0.1) is 11.3 Å². The van der Waals surface area contributed by atoms with Crippen LogP contribution in [0.4, 0.5) is 0 Å². The van der Waals surface area contributed by atoms with Gasteiger partial charge >= 0.3 is 0 Å². The highest BCUT2D eigenvalue weighted by molar-refractivity contribution is 7.15. The van der Waals surface area contributed by atoms with Crippen molar-refractivity contribution >= 4 is 23.0 Å². The van der Waals surface area contributed by atoms with E-state index in [9.17, 15) is 9.59 Å². The zero-order valence-electron chi connectivity index (χ0n) is 14.4. The van der Waals surface area contributed by atoms with E-state index in [1.807, 2.05) is 18.2 Å². The van der Waals surface area contributed by atoms with Crippen LogP contribution >= 0.6 is 11.3 Å². The predicted octanol–water partition coefficient (Wildman–Crippen LogP) is 3.76. The molecule has 1 N–H and O–H groups in total. The first-order valence-corrected chi connectivity index (χ1v) is 9.06. The van der Waals surface area contributed by atoms with Gasteiger partial charge in [0.1, 0.15) is 0 Å². The summed E-state index contributed by atoms with van der Waals surface area (Å²) in [5, 5.41) is 3.02. The summed E-state index contributed by atoms with van der Waals surface area (Å²) in [4.78, 5) is 27.3. The maximum absolute atomic E-state index is 12.4. The zero-order valence-corrected chi connectivity index (χ0v) is 15.2. The number of nitrogens with zero attached hydrogens (tertiary/aromatic N) is 1. The first kappa shape index (κ1) is 18.4. The number of Topliss-reactive ketones (excluding diaryl/α,β-unsaturated/α-hetero) is 1. The smallest absolute Gasteiger partial charge is 0.261 e. The largest absolute Gasteiger partial charge is 0.349 e. The fourth-order valence-corrected chi connectivity index (χ4v) is 3.54. The fourth-order valence-electron chi connectivity index (χ4n) is 2.72. The first-order valence-electron chi connectivity index (χ1n) is 8.24. The van der Waals surface area contributed by atoms with E-state index in [1.54, 1.807) is 12.1 Å². The molecule has 2 aromatic rings. The van der Waals surface area contributed by atoms with Crippen LogP contribution in [0.1, 0.15) is 51.7 Å². The van der Waals surface area contributed by atoms with Crippen molar-refractivity contribution in [2.24, 2.45) is 0 Å².